The molecule has 2 N–H and O–H groups in total. The fourth-order valence-corrected chi connectivity index (χ4v) is 4.04. The van der Waals surface area contributed by atoms with Crippen molar-refractivity contribution in [1.82, 2.24) is 0 Å². The molecule has 0 aromatic heterocycles. The minimum Gasteiger partial charge on any atom is -0.493 e. The summed E-state index contributed by atoms with van der Waals surface area (Å²) >= 11 is 6.15. The number of carbonyl (C=O) groups is 1. The van der Waals surface area contributed by atoms with E-state index >= 15 is 0 Å². The molecule has 2 aromatic carbocycles. The number of carbonyl (C=O) groups excluding carboxylic acids is 1. The lowest BCUT2D eigenvalue weighted by Crippen LogP contribution is -2.20. The van der Waals surface area contributed by atoms with Gasteiger partial charge in [-0.25, -0.2) is 8.42 Å². The SMILES string of the molecule is COc1cc(Cl)c(NS(=O)(=O)c2ccc3c(c2)CCC(=O)N3)cc1OC. The minimum atomic E-state index is -3.87. The van der Waals surface area contributed by atoms with Crippen LogP contribution < -0.4 is 19.5 Å². The fourth-order valence-electron chi connectivity index (χ4n) is 2.66. The molecule has 0 saturated heterocycles. The van der Waals surface area contributed by atoms with Crippen molar-refractivity contribution in [2.75, 3.05) is 24.3 Å². The number of anilines is 2. The van der Waals surface area contributed by atoms with Crippen LogP contribution >= 0.6 is 11.6 Å². The van der Waals surface area contributed by atoms with E-state index in [2.05, 4.69) is 10.0 Å². The fraction of sp³-hybridized carbons (Fsp3) is 0.235. The van der Waals surface area contributed by atoms with E-state index in [-0.39, 0.29) is 21.5 Å². The van der Waals surface area contributed by atoms with E-state index < -0.39 is 10.0 Å². The van der Waals surface area contributed by atoms with Gasteiger partial charge in [-0.2, -0.15) is 0 Å². The van der Waals surface area contributed by atoms with Gasteiger partial charge in [0.05, 0.1) is 29.8 Å². The molecular weight excluding hydrogens is 380 g/mol. The maximum Gasteiger partial charge on any atom is 0.261 e. The van der Waals surface area contributed by atoms with Crippen LogP contribution in [0.2, 0.25) is 5.02 Å². The highest BCUT2D eigenvalue weighted by Gasteiger charge is 2.21. The van der Waals surface area contributed by atoms with Gasteiger partial charge in [0.1, 0.15) is 0 Å². The van der Waals surface area contributed by atoms with E-state index in [1.54, 1.807) is 12.1 Å². The normalized spacial score (nSPS) is 13.6. The number of nitrogens with one attached hydrogen (secondary N) is 2. The first-order valence-corrected chi connectivity index (χ1v) is 9.57. The molecule has 0 unspecified atom stereocenters. The molecule has 138 valence electrons. The number of fused-ring (bicyclic) bond motifs is 1. The molecule has 0 saturated carbocycles. The number of hydrogen-bond acceptors (Lipinski definition) is 5. The lowest BCUT2D eigenvalue weighted by atomic mass is 10.0. The van der Waals surface area contributed by atoms with Crippen molar-refractivity contribution in [3.8, 4) is 11.5 Å². The highest BCUT2D eigenvalue weighted by molar-refractivity contribution is 7.92. The van der Waals surface area contributed by atoms with E-state index in [9.17, 15) is 13.2 Å². The molecule has 7 nitrogen and oxygen atoms in total. The van der Waals surface area contributed by atoms with Crippen LogP contribution in [0.15, 0.2) is 35.2 Å². The molecule has 2 aromatic rings. The largest absolute Gasteiger partial charge is 0.493 e. The summed E-state index contributed by atoms with van der Waals surface area (Å²) in [4.78, 5) is 11.5. The molecular formula is C17H17ClN2O5S. The van der Waals surface area contributed by atoms with Gasteiger partial charge in [-0.15, -0.1) is 0 Å². The third-order valence-corrected chi connectivity index (χ3v) is 5.68. The quantitative estimate of drug-likeness (QED) is 0.810. The third-order valence-electron chi connectivity index (χ3n) is 4.00. The molecule has 1 heterocycles. The standard InChI is InChI=1S/C17H17ClN2O5S/c1-24-15-8-12(18)14(9-16(15)25-2)20-26(22,23)11-4-5-13-10(7-11)3-6-17(21)19-13/h4-5,7-9,20H,3,6H2,1-2H3,(H,19,21). The second kappa shape index (κ2) is 7.05. The van der Waals surface area contributed by atoms with Crippen LogP contribution in [0.5, 0.6) is 11.5 Å². The van der Waals surface area contributed by atoms with Gasteiger partial charge < -0.3 is 14.8 Å². The number of aryl methyl sites for hydroxylation is 1. The van der Waals surface area contributed by atoms with E-state index in [0.29, 0.717) is 30.0 Å². The maximum absolute atomic E-state index is 12.7. The first kappa shape index (κ1) is 18.3. The summed E-state index contributed by atoms with van der Waals surface area (Å²) in [5.74, 6) is 0.663. The molecule has 0 bridgehead atoms. The number of methoxy groups -OCH3 is 2. The van der Waals surface area contributed by atoms with E-state index in [1.807, 2.05) is 0 Å². The molecule has 9 heteroatoms. The zero-order chi connectivity index (χ0) is 18.9. The molecule has 0 atom stereocenters. The van der Waals surface area contributed by atoms with Crippen LogP contribution in [-0.4, -0.2) is 28.5 Å². The Morgan fingerprint density at radius 3 is 2.46 bits per heavy atom. The zero-order valence-corrected chi connectivity index (χ0v) is 15.7. The van der Waals surface area contributed by atoms with Gasteiger partial charge >= 0.3 is 0 Å². The average molecular weight is 397 g/mol. The smallest absolute Gasteiger partial charge is 0.261 e. The Morgan fingerprint density at radius 1 is 1.08 bits per heavy atom. The molecule has 3 rings (SSSR count). The topological polar surface area (TPSA) is 93.7 Å². The number of hydrogen-bond donors (Lipinski definition) is 2. The second-order valence-corrected chi connectivity index (χ2v) is 7.75. The molecule has 26 heavy (non-hydrogen) atoms. The van der Waals surface area contributed by atoms with E-state index in [0.717, 1.165) is 5.56 Å². The van der Waals surface area contributed by atoms with Crippen LogP contribution in [0.3, 0.4) is 0 Å². The number of halogens is 1. The maximum atomic E-state index is 12.7. The van der Waals surface area contributed by atoms with Gasteiger partial charge in [0.15, 0.2) is 11.5 Å². The first-order chi connectivity index (χ1) is 12.3. The molecule has 1 aliphatic heterocycles. The summed E-state index contributed by atoms with van der Waals surface area (Å²) in [6.45, 7) is 0. The summed E-state index contributed by atoms with van der Waals surface area (Å²) in [5, 5.41) is 2.90. The number of amides is 1. The third kappa shape index (κ3) is 3.56. The number of benzene rings is 2. The summed E-state index contributed by atoms with van der Waals surface area (Å²) < 4.78 is 38.2. The van der Waals surface area contributed by atoms with Crippen LogP contribution in [0, 0.1) is 0 Å². The van der Waals surface area contributed by atoms with Crippen LogP contribution in [-0.2, 0) is 21.2 Å². The highest BCUT2D eigenvalue weighted by atomic mass is 35.5. The molecule has 0 aliphatic carbocycles. The van der Waals surface area contributed by atoms with Crippen molar-refractivity contribution in [3.05, 3.63) is 40.9 Å². The van der Waals surface area contributed by atoms with Crippen molar-refractivity contribution in [3.63, 3.8) is 0 Å². The Balaban J connectivity index is 1.94. The lowest BCUT2D eigenvalue weighted by molar-refractivity contribution is -0.116. The number of sulfonamides is 1. The zero-order valence-electron chi connectivity index (χ0n) is 14.1. The Kier molecular flexibility index (Phi) is 4.97. The summed E-state index contributed by atoms with van der Waals surface area (Å²) in [7, 11) is -0.962. The first-order valence-electron chi connectivity index (χ1n) is 7.71. The van der Waals surface area contributed by atoms with Gasteiger partial charge in [0.2, 0.25) is 5.91 Å². The van der Waals surface area contributed by atoms with Crippen molar-refractivity contribution in [2.45, 2.75) is 17.7 Å². The molecule has 0 spiro atoms. The Hall–Kier alpha value is -2.45. The van der Waals surface area contributed by atoms with Gasteiger partial charge in [-0.3, -0.25) is 9.52 Å². The predicted octanol–water partition coefficient (Wildman–Crippen LogP) is 3.04. The van der Waals surface area contributed by atoms with Crippen LogP contribution in [0.1, 0.15) is 12.0 Å². The second-order valence-electron chi connectivity index (χ2n) is 5.66. The monoisotopic (exact) mass is 396 g/mol. The van der Waals surface area contributed by atoms with E-state index in [1.165, 1.54) is 32.4 Å². The summed E-state index contributed by atoms with van der Waals surface area (Å²) in [6.07, 6.45) is 0.813. The predicted molar refractivity (Wildman–Crippen MR) is 98.8 cm³/mol. The highest BCUT2D eigenvalue weighted by Crippen LogP contribution is 2.37. The minimum absolute atomic E-state index is 0.0802. The van der Waals surface area contributed by atoms with Gasteiger partial charge in [0, 0.05) is 24.2 Å². The Labute approximate surface area is 156 Å². The van der Waals surface area contributed by atoms with Crippen LogP contribution in [0.25, 0.3) is 0 Å². The van der Waals surface area contributed by atoms with Gasteiger partial charge in [-0.05, 0) is 30.2 Å². The average Bonchev–Trinajstić information content (AvgIpc) is 2.62. The Bertz CT molecular complexity index is 975. The Morgan fingerprint density at radius 2 is 1.77 bits per heavy atom. The number of ether oxygens (including phenoxy) is 2. The van der Waals surface area contributed by atoms with Crippen molar-refractivity contribution in [2.24, 2.45) is 0 Å². The molecule has 1 amide bonds. The summed E-state index contributed by atoms with van der Waals surface area (Å²) in [5.41, 5.74) is 1.57. The van der Waals surface area contributed by atoms with Crippen LogP contribution in [0.4, 0.5) is 11.4 Å². The summed E-state index contributed by atoms with van der Waals surface area (Å²) in [6, 6.07) is 7.49. The number of rotatable bonds is 5. The van der Waals surface area contributed by atoms with Crippen molar-refractivity contribution < 1.29 is 22.7 Å². The van der Waals surface area contributed by atoms with Crippen molar-refractivity contribution in [1.29, 1.82) is 0 Å². The molecule has 0 radical (unpaired) electrons. The van der Waals surface area contributed by atoms with Gasteiger partial charge in [-0.1, -0.05) is 11.6 Å². The lowest BCUT2D eigenvalue weighted by Gasteiger charge is -2.18. The van der Waals surface area contributed by atoms with E-state index in [4.69, 9.17) is 21.1 Å². The molecule has 1 aliphatic rings. The van der Waals surface area contributed by atoms with Crippen molar-refractivity contribution >= 4 is 38.9 Å². The van der Waals surface area contributed by atoms with Gasteiger partial charge in [0.25, 0.3) is 10.0 Å². The molecule has 0 fully saturated rings.